The number of nitrogens with zero attached hydrogens (tertiary/aromatic N) is 4. The summed E-state index contributed by atoms with van der Waals surface area (Å²) in [6.07, 6.45) is 5.82. The number of anilines is 3. The van der Waals surface area contributed by atoms with Crippen LogP contribution in [0.5, 0.6) is 0 Å². The van der Waals surface area contributed by atoms with Gasteiger partial charge in [0.15, 0.2) is 0 Å². The van der Waals surface area contributed by atoms with Gasteiger partial charge in [-0.1, -0.05) is 24.3 Å². The Labute approximate surface area is 220 Å². The van der Waals surface area contributed by atoms with Crippen molar-refractivity contribution < 1.29 is 9.59 Å². The Kier molecular flexibility index (Phi) is 6.94. The lowest BCUT2D eigenvalue weighted by atomic mass is 10.0. The van der Waals surface area contributed by atoms with E-state index >= 15 is 0 Å². The van der Waals surface area contributed by atoms with Crippen molar-refractivity contribution in [2.24, 2.45) is 7.05 Å². The molecule has 5 N–H and O–H groups in total. The molecule has 2 aromatic carbocycles. The monoisotopic (exact) mass is 510 g/mol. The number of nitrogen functional groups attached to an aromatic ring is 1. The molecule has 1 saturated heterocycles. The van der Waals surface area contributed by atoms with E-state index in [-0.39, 0.29) is 23.8 Å². The summed E-state index contributed by atoms with van der Waals surface area (Å²) in [5.41, 5.74) is 11.7. The van der Waals surface area contributed by atoms with Crippen LogP contribution in [0.25, 0.3) is 22.3 Å². The molecule has 38 heavy (non-hydrogen) atoms. The van der Waals surface area contributed by atoms with Gasteiger partial charge in [-0.05, 0) is 47.9 Å². The van der Waals surface area contributed by atoms with Gasteiger partial charge >= 0.3 is 6.03 Å². The molecule has 4 aromatic rings. The van der Waals surface area contributed by atoms with Crippen LogP contribution < -0.4 is 21.7 Å². The molecule has 194 valence electrons. The van der Waals surface area contributed by atoms with Gasteiger partial charge in [-0.15, -0.1) is 0 Å². The summed E-state index contributed by atoms with van der Waals surface area (Å²) in [5.74, 6) is -0.159. The molecule has 0 bridgehead atoms. The molecule has 5 rings (SSSR count). The Morgan fingerprint density at radius 1 is 0.974 bits per heavy atom. The van der Waals surface area contributed by atoms with Gasteiger partial charge in [0.05, 0.1) is 11.8 Å². The van der Waals surface area contributed by atoms with Crippen molar-refractivity contribution in [1.29, 1.82) is 0 Å². The first-order valence-corrected chi connectivity index (χ1v) is 12.4. The molecule has 1 aliphatic rings. The fourth-order valence-corrected chi connectivity index (χ4v) is 4.52. The van der Waals surface area contributed by atoms with Gasteiger partial charge in [-0.25, -0.2) is 9.78 Å². The number of rotatable bonds is 6. The summed E-state index contributed by atoms with van der Waals surface area (Å²) in [4.78, 5) is 31.9. The van der Waals surface area contributed by atoms with Gasteiger partial charge < -0.3 is 26.6 Å². The van der Waals surface area contributed by atoms with Gasteiger partial charge in [0.1, 0.15) is 5.82 Å². The van der Waals surface area contributed by atoms with Crippen molar-refractivity contribution >= 4 is 29.1 Å². The Hall–Kier alpha value is -4.86. The molecule has 10 nitrogen and oxygen atoms in total. The molecule has 10 heteroatoms. The molecule has 0 aliphatic carbocycles. The van der Waals surface area contributed by atoms with E-state index in [1.807, 2.05) is 68.8 Å². The summed E-state index contributed by atoms with van der Waals surface area (Å²) in [6, 6.07) is 17.2. The zero-order valence-corrected chi connectivity index (χ0v) is 21.3. The van der Waals surface area contributed by atoms with Crippen LogP contribution >= 0.6 is 0 Å². The van der Waals surface area contributed by atoms with E-state index in [0.29, 0.717) is 30.8 Å². The maximum absolute atomic E-state index is 13.0. The lowest BCUT2D eigenvalue weighted by molar-refractivity contribution is 0.0938. The summed E-state index contributed by atoms with van der Waals surface area (Å²) in [7, 11) is 3.71. The molecule has 3 heterocycles. The van der Waals surface area contributed by atoms with Crippen molar-refractivity contribution in [3.05, 3.63) is 78.8 Å². The largest absolute Gasteiger partial charge is 0.388 e. The number of pyridine rings is 1. The van der Waals surface area contributed by atoms with Crippen molar-refractivity contribution in [3.8, 4) is 22.3 Å². The molecule has 0 saturated carbocycles. The second-order valence-electron chi connectivity index (χ2n) is 9.30. The third kappa shape index (κ3) is 5.44. The molecule has 0 spiro atoms. The average molecular weight is 511 g/mol. The number of aryl methyl sites for hydroxylation is 1. The van der Waals surface area contributed by atoms with Crippen LogP contribution in [0.15, 0.2) is 73.2 Å². The highest BCUT2D eigenvalue weighted by molar-refractivity contribution is 5.99. The number of carbonyl (C=O) groups is 2. The fourth-order valence-electron chi connectivity index (χ4n) is 4.52. The van der Waals surface area contributed by atoms with Crippen LogP contribution in [0.2, 0.25) is 0 Å². The number of benzene rings is 2. The number of carbonyl (C=O) groups excluding carboxylic acids is 2. The lowest BCUT2D eigenvalue weighted by Crippen LogP contribution is -2.40. The van der Waals surface area contributed by atoms with Crippen LogP contribution in [-0.4, -0.2) is 57.8 Å². The van der Waals surface area contributed by atoms with E-state index in [0.717, 1.165) is 27.9 Å². The summed E-state index contributed by atoms with van der Waals surface area (Å²) >= 11 is 0. The summed E-state index contributed by atoms with van der Waals surface area (Å²) < 4.78 is 1.68. The zero-order valence-electron chi connectivity index (χ0n) is 21.3. The minimum atomic E-state index is -0.315. The van der Waals surface area contributed by atoms with E-state index in [2.05, 4.69) is 26.0 Å². The highest BCUT2D eigenvalue weighted by atomic mass is 16.2. The lowest BCUT2D eigenvalue weighted by Gasteiger charge is -2.18. The molecule has 2 aromatic heterocycles. The van der Waals surface area contributed by atoms with Gasteiger partial charge in [0.2, 0.25) is 0 Å². The molecule has 1 atom stereocenters. The molecule has 3 amide bonds. The molecule has 0 unspecified atom stereocenters. The van der Waals surface area contributed by atoms with E-state index < -0.39 is 0 Å². The second kappa shape index (κ2) is 10.6. The first-order valence-electron chi connectivity index (χ1n) is 12.4. The number of aromatic nitrogens is 3. The zero-order chi connectivity index (χ0) is 26.6. The van der Waals surface area contributed by atoms with Crippen LogP contribution in [-0.2, 0) is 7.05 Å². The van der Waals surface area contributed by atoms with E-state index in [1.54, 1.807) is 28.0 Å². The predicted octanol–water partition coefficient (Wildman–Crippen LogP) is 3.81. The quantitative estimate of drug-likeness (QED) is 0.312. The number of hydrogen-bond acceptors (Lipinski definition) is 6. The third-order valence-corrected chi connectivity index (χ3v) is 6.63. The van der Waals surface area contributed by atoms with Crippen molar-refractivity contribution in [2.45, 2.75) is 12.5 Å². The highest BCUT2D eigenvalue weighted by Crippen LogP contribution is 2.25. The van der Waals surface area contributed by atoms with E-state index in [1.165, 1.54) is 0 Å². The molecular weight excluding hydrogens is 480 g/mol. The Balaban J connectivity index is 1.20. The van der Waals surface area contributed by atoms with Crippen molar-refractivity contribution in [1.82, 2.24) is 25.0 Å². The SMILES string of the molecule is CNc1ccc(-c2cccc(NC(=O)N3CC[C@@H](NC(=O)c4cc(-c5cnn(C)c5)cnc4N)C3)c2)cc1. The topological polar surface area (TPSA) is 130 Å². The number of nitrogens with one attached hydrogen (secondary N) is 3. The smallest absolute Gasteiger partial charge is 0.321 e. The number of amides is 3. The standard InChI is InChI=1S/C28H30N8O2/c1-30-22-8-6-18(7-9-22)19-4-3-5-23(12-19)34-28(38)36-11-10-24(17-36)33-27(37)25-13-20(14-31-26(25)29)21-15-32-35(2)16-21/h3-9,12-16,24,30H,10-11,17H2,1-2H3,(H2,29,31)(H,33,37)(H,34,38)/t24-/m1/s1. The maximum atomic E-state index is 13.0. The number of likely N-dealkylation sites (tertiary alicyclic amines) is 1. The minimum absolute atomic E-state index is 0.156. The van der Waals surface area contributed by atoms with Crippen molar-refractivity contribution in [2.75, 3.05) is 36.5 Å². The normalized spacial score (nSPS) is 14.8. The van der Waals surface area contributed by atoms with Crippen molar-refractivity contribution in [3.63, 3.8) is 0 Å². The number of urea groups is 1. The first kappa shape index (κ1) is 24.8. The summed E-state index contributed by atoms with van der Waals surface area (Å²) in [5, 5.41) is 13.3. The Bertz CT molecular complexity index is 1460. The number of hydrogen-bond donors (Lipinski definition) is 4. The fraction of sp³-hybridized carbons (Fsp3) is 0.214. The maximum Gasteiger partial charge on any atom is 0.321 e. The van der Waals surface area contributed by atoms with Crippen LogP contribution in [0, 0.1) is 0 Å². The number of nitrogens with two attached hydrogens (primary N) is 1. The molecular formula is C28H30N8O2. The minimum Gasteiger partial charge on any atom is -0.388 e. The molecule has 1 aliphatic heterocycles. The predicted molar refractivity (Wildman–Crippen MR) is 149 cm³/mol. The van der Waals surface area contributed by atoms with Gasteiger partial charge in [0, 0.05) is 68.1 Å². The van der Waals surface area contributed by atoms with Gasteiger partial charge in [0.25, 0.3) is 5.91 Å². The van der Waals surface area contributed by atoms with Crippen LogP contribution in [0.3, 0.4) is 0 Å². The molecule has 0 radical (unpaired) electrons. The van der Waals surface area contributed by atoms with Gasteiger partial charge in [-0.2, -0.15) is 5.10 Å². The summed E-state index contributed by atoms with van der Waals surface area (Å²) in [6.45, 7) is 0.934. The second-order valence-corrected chi connectivity index (χ2v) is 9.30. The molecule has 1 fully saturated rings. The first-order chi connectivity index (χ1) is 18.4. The Morgan fingerprint density at radius 2 is 1.79 bits per heavy atom. The Morgan fingerprint density at radius 3 is 2.53 bits per heavy atom. The van der Waals surface area contributed by atoms with Crippen LogP contribution in [0.1, 0.15) is 16.8 Å². The van der Waals surface area contributed by atoms with E-state index in [4.69, 9.17) is 5.73 Å². The van der Waals surface area contributed by atoms with Crippen LogP contribution in [0.4, 0.5) is 22.0 Å². The van der Waals surface area contributed by atoms with Gasteiger partial charge in [-0.3, -0.25) is 9.48 Å². The highest BCUT2D eigenvalue weighted by Gasteiger charge is 2.28. The third-order valence-electron chi connectivity index (χ3n) is 6.63. The van der Waals surface area contributed by atoms with E-state index in [9.17, 15) is 9.59 Å². The average Bonchev–Trinajstić information content (AvgIpc) is 3.58.